The first-order valence-electron chi connectivity index (χ1n) is 5.01. The quantitative estimate of drug-likeness (QED) is 0.676. The summed E-state index contributed by atoms with van der Waals surface area (Å²) < 4.78 is 6.53. The van der Waals surface area contributed by atoms with E-state index < -0.39 is 6.10 Å². The third kappa shape index (κ3) is 3.10. The molecule has 1 heterocycles. The van der Waals surface area contributed by atoms with Crippen molar-refractivity contribution in [3.05, 3.63) is 34.0 Å². The number of nitrogens with zero attached hydrogens (tertiary/aromatic N) is 1. The van der Waals surface area contributed by atoms with Gasteiger partial charge in [-0.15, -0.1) is 12.6 Å². The highest BCUT2D eigenvalue weighted by Gasteiger charge is 2.10. The molecule has 0 saturated carbocycles. The van der Waals surface area contributed by atoms with Crippen LogP contribution in [0.4, 0.5) is 0 Å². The summed E-state index contributed by atoms with van der Waals surface area (Å²) in [5.41, 5.74) is 0.905. The summed E-state index contributed by atoms with van der Waals surface area (Å²) in [5.74, 6) is 0.649. The van der Waals surface area contributed by atoms with E-state index in [9.17, 15) is 4.79 Å². The zero-order valence-electron chi connectivity index (χ0n) is 9.05. The molecule has 0 N–H and O–H groups in total. The van der Waals surface area contributed by atoms with Crippen LogP contribution in [0.2, 0.25) is 0 Å². The van der Waals surface area contributed by atoms with Crippen molar-refractivity contribution in [2.45, 2.75) is 13.0 Å². The molecule has 1 unspecified atom stereocenters. The molecule has 0 spiro atoms. The maximum absolute atomic E-state index is 11.0. The molecule has 0 saturated heterocycles. The van der Waals surface area contributed by atoms with Gasteiger partial charge < -0.3 is 4.74 Å². The van der Waals surface area contributed by atoms with Crippen molar-refractivity contribution in [3.8, 4) is 5.75 Å². The lowest BCUT2D eigenvalue weighted by atomic mass is 10.2. The third-order valence-electron chi connectivity index (χ3n) is 2.28. The Morgan fingerprint density at radius 1 is 1.47 bits per heavy atom. The average Bonchev–Trinajstić information content (AvgIpc) is 2.28. The van der Waals surface area contributed by atoms with Gasteiger partial charge in [0.05, 0.1) is 5.52 Å². The molecule has 0 aliphatic carbocycles. The lowest BCUT2D eigenvalue weighted by Gasteiger charge is -2.11. The molecule has 0 aliphatic heterocycles. The molecular weight excluding hydrogens is 349 g/mol. The van der Waals surface area contributed by atoms with Crippen molar-refractivity contribution < 1.29 is 9.53 Å². The lowest BCUT2D eigenvalue weighted by molar-refractivity contribution is -0.116. The summed E-state index contributed by atoms with van der Waals surface area (Å²) in [6, 6.07) is 7.56. The van der Waals surface area contributed by atoms with Crippen LogP contribution in [0.5, 0.6) is 5.75 Å². The highest BCUT2D eigenvalue weighted by molar-refractivity contribution is 14.1. The number of hydrogen-bond donors (Lipinski definition) is 1. The Morgan fingerprint density at radius 3 is 2.94 bits per heavy atom. The smallest absolute Gasteiger partial charge is 0.226 e. The zero-order chi connectivity index (χ0) is 12.4. The van der Waals surface area contributed by atoms with Gasteiger partial charge in [0.25, 0.3) is 0 Å². The van der Waals surface area contributed by atoms with E-state index in [2.05, 4.69) is 40.2 Å². The Bertz CT molecular complexity index is 573. The van der Waals surface area contributed by atoms with E-state index >= 15 is 0 Å². The minimum atomic E-state index is -0.550. The number of benzene rings is 1. The monoisotopic (exact) mass is 359 g/mol. The molecule has 88 valence electrons. The minimum Gasteiger partial charge on any atom is -0.482 e. The molecular formula is C12H10INO2S. The number of pyridine rings is 1. The summed E-state index contributed by atoms with van der Waals surface area (Å²) in [6.07, 6.45) is 1.26. The van der Waals surface area contributed by atoms with E-state index in [-0.39, 0.29) is 5.12 Å². The molecule has 1 aromatic heterocycles. The zero-order valence-corrected chi connectivity index (χ0v) is 12.1. The van der Waals surface area contributed by atoms with Crippen molar-refractivity contribution in [1.82, 2.24) is 4.98 Å². The number of ether oxygens (including phenoxy) is 1. The molecule has 2 aromatic rings. The SMILES string of the molecule is CC(Oc1ccc2ncc(I)cc2c1)C(=O)S. The first-order chi connectivity index (χ1) is 8.06. The second kappa shape index (κ2) is 5.22. The van der Waals surface area contributed by atoms with E-state index in [1.54, 1.807) is 13.0 Å². The van der Waals surface area contributed by atoms with Gasteiger partial charge in [-0.2, -0.15) is 0 Å². The van der Waals surface area contributed by atoms with Crippen LogP contribution < -0.4 is 4.74 Å². The molecule has 0 fully saturated rings. The van der Waals surface area contributed by atoms with Crippen LogP contribution in [0.15, 0.2) is 30.5 Å². The maximum atomic E-state index is 11.0. The van der Waals surface area contributed by atoms with Gasteiger partial charge in [-0.05, 0) is 53.8 Å². The molecule has 0 bridgehead atoms. The Kier molecular flexibility index (Phi) is 3.88. The molecule has 5 heteroatoms. The molecule has 3 nitrogen and oxygen atoms in total. The van der Waals surface area contributed by atoms with Crippen LogP contribution in [0.3, 0.4) is 0 Å². The van der Waals surface area contributed by atoms with Gasteiger partial charge in [-0.1, -0.05) is 0 Å². The number of thiol groups is 1. The molecule has 0 amide bonds. The lowest BCUT2D eigenvalue weighted by Crippen LogP contribution is -2.18. The van der Waals surface area contributed by atoms with E-state index in [1.807, 2.05) is 24.4 Å². The molecule has 0 radical (unpaired) electrons. The van der Waals surface area contributed by atoms with Crippen LogP contribution in [0, 0.1) is 3.57 Å². The number of halogens is 1. The third-order valence-corrected chi connectivity index (χ3v) is 3.23. The van der Waals surface area contributed by atoms with Gasteiger partial charge in [0.1, 0.15) is 5.75 Å². The van der Waals surface area contributed by atoms with Crippen molar-refractivity contribution in [1.29, 1.82) is 0 Å². The largest absolute Gasteiger partial charge is 0.482 e. The van der Waals surface area contributed by atoms with Crippen molar-refractivity contribution in [2.75, 3.05) is 0 Å². The number of aromatic nitrogens is 1. The number of fused-ring (bicyclic) bond motifs is 1. The molecule has 0 aliphatic rings. The molecule has 1 atom stereocenters. The van der Waals surface area contributed by atoms with Gasteiger partial charge in [-0.3, -0.25) is 9.78 Å². The number of rotatable bonds is 3. The van der Waals surface area contributed by atoms with Gasteiger partial charge in [0, 0.05) is 15.2 Å². The second-order valence-corrected chi connectivity index (χ2v) is 5.29. The summed E-state index contributed by atoms with van der Waals surface area (Å²) in [6.45, 7) is 1.67. The standard InChI is InChI=1S/C12H10INO2S/c1-7(12(15)17)16-10-2-3-11-8(5-10)4-9(13)6-14-11/h2-7H,1H3,(H,15,17). The highest BCUT2D eigenvalue weighted by Crippen LogP contribution is 2.22. The van der Waals surface area contributed by atoms with E-state index in [0.717, 1.165) is 14.5 Å². The molecule has 1 aromatic carbocycles. The van der Waals surface area contributed by atoms with Crippen LogP contribution in [0.25, 0.3) is 10.9 Å². The molecule has 2 rings (SSSR count). The van der Waals surface area contributed by atoms with E-state index in [1.165, 1.54) is 0 Å². The Morgan fingerprint density at radius 2 is 2.24 bits per heavy atom. The maximum Gasteiger partial charge on any atom is 0.226 e. The summed E-state index contributed by atoms with van der Waals surface area (Å²) in [5, 5.41) is 0.707. The fraction of sp³-hybridized carbons (Fsp3) is 0.167. The first kappa shape index (κ1) is 12.6. The van der Waals surface area contributed by atoms with Gasteiger partial charge in [0.2, 0.25) is 5.12 Å². The first-order valence-corrected chi connectivity index (χ1v) is 6.53. The Hall–Kier alpha value is -0.820. The van der Waals surface area contributed by atoms with E-state index in [0.29, 0.717) is 5.75 Å². The van der Waals surface area contributed by atoms with Crippen molar-refractivity contribution >= 4 is 51.2 Å². The van der Waals surface area contributed by atoms with Crippen LogP contribution in [0.1, 0.15) is 6.92 Å². The Balaban J connectivity index is 2.33. The number of hydrogen-bond acceptors (Lipinski definition) is 3. The highest BCUT2D eigenvalue weighted by atomic mass is 127. The fourth-order valence-corrected chi connectivity index (χ4v) is 1.94. The number of carbonyl (C=O) groups is 1. The normalized spacial score (nSPS) is 12.4. The molecule has 17 heavy (non-hydrogen) atoms. The summed E-state index contributed by atoms with van der Waals surface area (Å²) in [7, 11) is 0. The van der Waals surface area contributed by atoms with E-state index in [4.69, 9.17) is 4.74 Å². The predicted octanol–water partition coefficient (Wildman–Crippen LogP) is 3.06. The summed E-state index contributed by atoms with van der Waals surface area (Å²) in [4.78, 5) is 15.3. The fourth-order valence-electron chi connectivity index (χ4n) is 1.41. The van der Waals surface area contributed by atoms with Gasteiger partial charge in [0.15, 0.2) is 6.10 Å². The topological polar surface area (TPSA) is 39.2 Å². The minimum absolute atomic E-state index is 0.286. The van der Waals surface area contributed by atoms with Gasteiger partial charge >= 0.3 is 0 Å². The average molecular weight is 359 g/mol. The second-order valence-electron chi connectivity index (χ2n) is 3.61. The summed E-state index contributed by atoms with van der Waals surface area (Å²) >= 11 is 5.94. The number of carbonyl (C=O) groups excluding carboxylic acids is 1. The Labute approximate surface area is 118 Å². The predicted molar refractivity (Wildman–Crippen MR) is 78.5 cm³/mol. The van der Waals surface area contributed by atoms with Crippen LogP contribution >= 0.6 is 35.2 Å². The van der Waals surface area contributed by atoms with Crippen LogP contribution in [-0.4, -0.2) is 16.2 Å². The van der Waals surface area contributed by atoms with Gasteiger partial charge in [-0.25, -0.2) is 0 Å². The van der Waals surface area contributed by atoms with Crippen molar-refractivity contribution in [3.63, 3.8) is 0 Å². The van der Waals surface area contributed by atoms with Crippen LogP contribution in [-0.2, 0) is 4.79 Å². The van der Waals surface area contributed by atoms with Crippen molar-refractivity contribution in [2.24, 2.45) is 0 Å².